The molecule has 0 aliphatic carbocycles. The van der Waals surface area contributed by atoms with Gasteiger partial charge in [0.25, 0.3) is 0 Å². The predicted octanol–water partition coefficient (Wildman–Crippen LogP) is 4.69. The second-order valence-corrected chi connectivity index (χ2v) is 7.89. The molecule has 0 saturated carbocycles. The van der Waals surface area contributed by atoms with Gasteiger partial charge in [-0.1, -0.05) is 62.7 Å². The average Bonchev–Trinajstić information content (AvgIpc) is 3.05. The predicted molar refractivity (Wildman–Crippen MR) is 123 cm³/mol. The van der Waals surface area contributed by atoms with Crippen molar-refractivity contribution in [2.24, 2.45) is 0 Å². The van der Waals surface area contributed by atoms with Crippen molar-refractivity contribution in [2.75, 3.05) is 0 Å². The number of imidazole rings is 1. The van der Waals surface area contributed by atoms with Crippen molar-refractivity contribution in [1.82, 2.24) is 9.13 Å². The summed E-state index contributed by atoms with van der Waals surface area (Å²) in [4.78, 5) is 36.7. The SMILES string of the molecule is CCCc1c(C(=O)O)n(C(C)CC)c(=O)n1Cc1ccc(-c2ccccc2C(=O)O)cc1. The zero-order valence-corrected chi connectivity index (χ0v) is 18.5. The summed E-state index contributed by atoms with van der Waals surface area (Å²) in [6.45, 7) is 5.98. The van der Waals surface area contributed by atoms with Gasteiger partial charge < -0.3 is 10.2 Å². The number of carboxylic acids is 2. The van der Waals surface area contributed by atoms with Gasteiger partial charge in [-0.2, -0.15) is 0 Å². The lowest BCUT2D eigenvalue weighted by atomic mass is 9.99. The minimum absolute atomic E-state index is 0.0678. The third-order valence-corrected chi connectivity index (χ3v) is 5.76. The maximum Gasteiger partial charge on any atom is 0.354 e. The van der Waals surface area contributed by atoms with E-state index >= 15 is 0 Å². The van der Waals surface area contributed by atoms with Crippen LogP contribution in [0, 0.1) is 0 Å². The molecule has 32 heavy (non-hydrogen) atoms. The normalized spacial score (nSPS) is 12.0. The van der Waals surface area contributed by atoms with Crippen molar-refractivity contribution >= 4 is 11.9 Å². The fraction of sp³-hybridized carbons (Fsp3) is 0.320. The van der Waals surface area contributed by atoms with Gasteiger partial charge in [-0.05, 0) is 42.5 Å². The molecule has 0 radical (unpaired) electrons. The van der Waals surface area contributed by atoms with Crippen LogP contribution in [-0.2, 0) is 13.0 Å². The molecular weight excluding hydrogens is 408 g/mol. The van der Waals surface area contributed by atoms with Gasteiger partial charge in [0.15, 0.2) is 5.69 Å². The van der Waals surface area contributed by atoms with Crippen LogP contribution in [-0.4, -0.2) is 31.3 Å². The first-order valence-corrected chi connectivity index (χ1v) is 10.8. The van der Waals surface area contributed by atoms with Gasteiger partial charge in [-0.25, -0.2) is 14.4 Å². The molecule has 0 aliphatic heterocycles. The molecule has 2 N–H and O–H groups in total. The Hall–Kier alpha value is -3.61. The van der Waals surface area contributed by atoms with E-state index in [1.165, 1.54) is 4.57 Å². The molecule has 1 atom stereocenters. The Labute approximate surface area is 186 Å². The van der Waals surface area contributed by atoms with Crippen LogP contribution in [0.3, 0.4) is 0 Å². The molecule has 7 nitrogen and oxygen atoms in total. The maximum atomic E-state index is 13.2. The summed E-state index contributed by atoms with van der Waals surface area (Å²) >= 11 is 0. The summed E-state index contributed by atoms with van der Waals surface area (Å²) in [5, 5.41) is 19.3. The van der Waals surface area contributed by atoms with Gasteiger partial charge in [0, 0.05) is 6.04 Å². The molecule has 1 aromatic heterocycles. The lowest BCUT2D eigenvalue weighted by Gasteiger charge is -2.11. The van der Waals surface area contributed by atoms with E-state index in [4.69, 9.17) is 0 Å². The van der Waals surface area contributed by atoms with Crippen LogP contribution in [0.25, 0.3) is 11.1 Å². The van der Waals surface area contributed by atoms with Crippen LogP contribution in [0.1, 0.15) is 71.8 Å². The van der Waals surface area contributed by atoms with E-state index < -0.39 is 11.9 Å². The second-order valence-electron chi connectivity index (χ2n) is 7.89. The van der Waals surface area contributed by atoms with Crippen LogP contribution in [0.5, 0.6) is 0 Å². The van der Waals surface area contributed by atoms with Gasteiger partial charge in [-0.3, -0.25) is 9.13 Å². The average molecular weight is 437 g/mol. The molecule has 3 aromatic rings. The summed E-state index contributed by atoms with van der Waals surface area (Å²) < 4.78 is 2.95. The second kappa shape index (κ2) is 9.68. The Morgan fingerprint density at radius 3 is 2.19 bits per heavy atom. The molecule has 0 saturated heterocycles. The van der Waals surface area contributed by atoms with Gasteiger partial charge in [0.2, 0.25) is 0 Å². The molecule has 0 spiro atoms. The first-order chi connectivity index (χ1) is 15.3. The van der Waals surface area contributed by atoms with E-state index in [1.54, 1.807) is 28.8 Å². The van der Waals surface area contributed by atoms with Crippen molar-refractivity contribution in [1.29, 1.82) is 0 Å². The number of hydrogen-bond acceptors (Lipinski definition) is 3. The quantitative estimate of drug-likeness (QED) is 0.507. The van der Waals surface area contributed by atoms with Crippen LogP contribution >= 0.6 is 0 Å². The van der Waals surface area contributed by atoms with E-state index in [1.807, 2.05) is 45.0 Å². The van der Waals surface area contributed by atoms with Gasteiger partial charge in [0.05, 0.1) is 17.8 Å². The third kappa shape index (κ3) is 4.37. The van der Waals surface area contributed by atoms with Crippen LogP contribution in [0.4, 0.5) is 0 Å². The molecule has 2 aromatic carbocycles. The fourth-order valence-electron chi connectivity index (χ4n) is 3.97. The Balaban J connectivity index is 2.03. The number of aromatic nitrogens is 2. The highest BCUT2D eigenvalue weighted by Gasteiger charge is 2.26. The van der Waals surface area contributed by atoms with E-state index in [0.29, 0.717) is 24.1 Å². The Bertz CT molecular complexity index is 1190. The standard InChI is InChI=1S/C25H28N2O5/c1-4-8-21-22(24(30)31)27(16(3)5-2)25(32)26(21)15-17-11-13-18(14-12-17)19-9-6-7-10-20(19)23(28)29/h6-7,9-14,16H,4-5,8,15H2,1-3H3,(H,28,29)(H,30,31). The van der Waals surface area contributed by atoms with Gasteiger partial charge >= 0.3 is 17.6 Å². The Morgan fingerprint density at radius 1 is 0.969 bits per heavy atom. The topological polar surface area (TPSA) is 102 Å². The van der Waals surface area contributed by atoms with Gasteiger partial charge in [0.1, 0.15) is 0 Å². The van der Waals surface area contributed by atoms with Crippen molar-refractivity contribution in [3.8, 4) is 11.1 Å². The minimum atomic E-state index is -1.09. The van der Waals surface area contributed by atoms with Crippen LogP contribution < -0.4 is 5.69 Å². The maximum absolute atomic E-state index is 13.2. The number of aromatic carboxylic acids is 2. The highest BCUT2D eigenvalue weighted by atomic mass is 16.4. The van der Waals surface area contributed by atoms with Crippen molar-refractivity contribution in [2.45, 2.75) is 52.6 Å². The van der Waals surface area contributed by atoms with Gasteiger partial charge in [-0.15, -0.1) is 0 Å². The molecule has 0 fully saturated rings. The molecule has 168 valence electrons. The number of carbonyl (C=O) groups is 2. The van der Waals surface area contributed by atoms with Crippen LogP contribution in [0.15, 0.2) is 53.3 Å². The smallest absolute Gasteiger partial charge is 0.354 e. The first kappa shape index (κ1) is 23.1. The monoisotopic (exact) mass is 436 g/mol. The third-order valence-electron chi connectivity index (χ3n) is 5.76. The van der Waals surface area contributed by atoms with Crippen molar-refractivity contribution in [3.63, 3.8) is 0 Å². The molecule has 7 heteroatoms. The number of hydrogen-bond donors (Lipinski definition) is 2. The summed E-state index contributed by atoms with van der Waals surface area (Å²) in [5.74, 6) is -2.08. The summed E-state index contributed by atoms with van der Waals surface area (Å²) in [7, 11) is 0. The largest absolute Gasteiger partial charge is 0.478 e. The summed E-state index contributed by atoms with van der Waals surface area (Å²) in [6.07, 6.45) is 1.85. The number of nitrogens with zero attached hydrogens (tertiary/aromatic N) is 2. The lowest BCUT2D eigenvalue weighted by molar-refractivity contribution is 0.0675. The molecule has 1 heterocycles. The highest BCUT2D eigenvalue weighted by Crippen LogP contribution is 2.25. The first-order valence-electron chi connectivity index (χ1n) is 10.8. The molecule has 3 rings (SSSR count). The fourth-order valence-corrected chi connectivity index (χ4v) is 3.97. The zero-order chi connectivity index (χ0) is 23.4. The molecule has 0 amide bonds. The lowest BCUT2D eigenvalue weighted by Crippen LogP contribution is -2.28. The summed E-state index contributed by atoms with van der Waals surface area (Å²) in [6, 6.07) is 13.9. The van der Waals surface area contributed by atoms with E-state index in [2.05, 4.69) is 0 Å². The molecule has 1 unspecified atom stereocenters. The highest BCUT2D eigenvalue weighted by molar-refractivity contribution is 5.96. The summed E-state index contributed by atoms with van der Waals surface area (Å²) in [5.41, 5.74) is 2.71. The van der Waals surface area contributed by atoms with Crippen molar-refractivity contribution < 1.29 is 19.8 Å². The molecule has 0 bridgehead atoms. The Kier molecular flexibility index (Phi) is 6.98. The molecular formula is C25H28N2O5. The van der Waals surface area contributed by atoms with Crippen molar-refractivity contribution in [3.05, 3.63) is 81.5 Å². The van der Waals surface area contributed by atoms with E-state index in [0.717, 1.165) is 17.5 Å². The van der Waals surface area contributed by atoms with E-state index in [-0.39, 0.29) is 29.5 Å². The number of benzene rings is 2. The minimum Gasteiger partial charge on any atom is -0.478 e. The number of rotatable bonds is 9. The molecule has 0 aliphatic rings. The number of carboxylic acid groups (broad SMARTS) is 2. The van der Waals surface area contributed by atoms with E-state index in [9.17, 15) is 24.6 Å². The Morgan fingerprint density at radius 2 is 1.62 bits per heavy atom. The van der Waals surface area contributed by atoms with Crippen LogP contribution in [0.2, 0.25) is 0 Å². The zero-order valence-electron chi connectivity index (χ0n) is 18.5.